The monoisotopic (exact) mass is 161 g/mol. The zero-order chi connectivity index (χ0) is 7.87. The first kappa shape index (κ1) is 6.20. The van der Waals surface area contributed by atoms with Crippen LogP contribution in [0.4, 0.5) is 0 Å². The molecule has 0 aliphatic heterocycles. The zero-order valence-electron chi connectivity index (χ0n) is 7.24. The number of hydrogen-bond donors (Lipinski definition) is 1. The summed E-state index contributed by atoms with van der Waals surface area (Å²) in [5.74, 6) is 4.77. The van der Waals surface area contributed by atoms with Gasteiger partial charge in [-0.05, 0) is 48.9 Å². The van der Waals surface area contributed by atoms with E-state index in [2.05, 4.69) is 6.08 Å². The van der Waals surface area contributed by atoms with Gasteiger partial charge in [-0.25, -0.2) is 0 Å². The Bertz CT molecular complexity index is 281. The molecule has 0 aromatic heterocycles. The number of allylic oxidation sites excluding steroid dienone is 1. The molecule has 2 saturated carbocycles. The molecule has 0 aromatic carbocycles. The smallest absolute Gasteiger partial charge is 0.0146 e. The van der Waals surface area contributed by atoms with E-state index < -0.39 is 0 Å². The van der Waals surface area contributed by atoms with Crippen LogP contribution in [0.15, 0.2) is 11.6 Å². The van der Waals surface area contributed by atoms with E-state index in [9.17, 15) is 0 Å². The van der Waals surface area contributed by atoms with Crippen LogP contribution in [0.1, 0.15) is 19.3 Å². The Morgan fingerprint density at radius 2 is 2.25 bits per heavy atom. The second-order valence-corrected chi connectivity index (χ2v) is 5.29. The van der Waals surface area contributed by atoms with Crippen LogP contribution in [-0.2, 0) is 0 Å². The minimum Gasteiger partial charge on any atom is -0.327 e. The maximum Gasteiger partial charge on any atom is 0.0146 e. The molecule has 2 N–H and O–H groups in total. The predicted octanol–water partition coefficient (Wildman–Crippen LogP) is 1.55. The average Bonchev–Trinajstić information content (AvgIpc) is 2.65. The van der Waals surface area contributed by atoms with E-state index in [0.29, 0.717) is 6.04 Å². The van der Waals surface area contributed by atoms with Crippen molar-refractivity contribution in [2.45, 2.75) is 25.3 Å². The normalized spacial score (nSPS) is 64.6. The average molecular weight is 161 g/mol. The Morgan fingerprint density at radius 3 is 3.17 bits per heavy atom. The summed E-state index contributed by atoms with van der Waals surface area (Å²) in [6, 6.07) is 0.560. The second-order valence-electron chi connectivity index (χ2n) is 5.29. The maximum atomic E-state index is 6.10. The minimum atomic E-state index is 0.560. The molecular formula is C11H15N. The molecule has 0 radical (unpaired) electrons. The number of fused-ring (bicyclic) bond motifs is 4. The summed E-state index contributed by atoms with van der Waals surface area (Å²) in [5, 5.41) is 0. The van der Waals surface area contributed by atoms with Gasteiger partial charge in [0, 0.05) is 6.04 Å². The van der Waals surface area contributed by atoms with Gasteiger partial charge < -0.3 is 5.73 Å². The van der Waals surface area contributed by atoms with Crippen molar-refractivity contribution in [3.8, 4) is 0 Å². The number of hydrogen-bond acceptors (Lipinski definition) is 1. The molecule has 0 heterocycles. The Morgan fingerprint density at radius 1 is 1.33 bits per heavy atom. The van der Waals surface area contributed by atoms with E-state index in [1.165, 1.54) is 19.3 Å². The van der Waals surface area contributed by atoms with E-state index >= 15 is 0 Å². The van der Waals surface area contributed by atoms with Crippen molar-refractivity contribution in [3.05, 3.63) is 11.6 Å². The van der Waals surface area contributed by atoms with Crippen molar-refractivity contribution in [1.29, 1.82) is 0 Å². The quantitative estimate of drug-likeness (QED) is 0.536. The van der Waals surface area contributed by atoms with Crippen molar-refractivity contribution < 1.29 is 0 Å². The Balaban J connectivity index is 1.88. The third-order valence-electron chi connectivity index (χ3n) is 4.77. The molecule has 2 fully saturated rings. The SMILES string of the molecule is N[C@H]1C2C3=CC4CC(C3)CC4C21. The van der Waals surface area contributed by atoms with Gasteiger partial charge >= 0.3 is 0 Å². The van der Waals surface area contributed by atoms with Gasteiger partial charge in [0.15, 0.2) is 0 Å². The van der Waals surface area contributed by atoms with Crippen molar-refractivity contribution in [2.75, 3.05) is 0 Å². The fourth-order valence-electron chi connectivity index (χ4n) is 4.35. The van der Waals surface area contributed by atoms with Crippen molar-refractivity contribution >= 4 is 0 Å². The molecule has 6 atom stereocenters. The van der Waals surface area contributed by atoms with Gasteiger partial charge in [-0.3, -0.25) is 0 Å². The predicted molar refractivity (Wildman–Crippen MR) is 47.4 cm³/mol. The van der Waals surface area contributed by atoms with Crippen LogP contribution in [0, 0.1) is 29.6 Å². The lowest BCUT2D eigenvalue weighted by atomic mass is 9.80. The summed E-state index contributed by atoms with van der Waals surface area (Å²) < 4.78 is 0. The molecule has 5 unspecified atom stereocenters. The van der Waals surface area contributed by atoms with Crippen molar-refractivity contribution in [1.82, 2.24) is 0 Å². The van der Waals surface area contributed by atoms with E-state index in [1.807, 2.05) is 0 Å². The molecule has 12 heavy (non-hydrogen) atoms. The van der Waals surface area contributed by atoms with Crippen molar-refractivity contribution in [2.24, 2.45) is 35.3 Å². The van der Waals surface area contributed by atoms with Crippen LogP contribution in [-0.4, -0.2) is 6.04 Å². The molecule has 0 saturated heterocycles. The van der Waals surface area contributed by atoms with Crippen LogP contribution in [0.2, 0.25) is 0 Å². The number of rotatable bonds is 0. The van der Waals surface area contributed by atoms with E-state index in [4.69, 9.17) is 5.73 Å². The number of nitrogens with two attached hydrogens (primary N) is 1. The highest BCUT2D eigenvalue weighted by molar-refractivity contribution is 5.33. The Kier molecular flexibility index (Phi) is 0.852. The molecule has 0 spiro atoms. The van der Waals surface area contributed by atoms with E-state index in [-0.39, 0.29) is 0 Å². The molecular weight excluding hydrogens is 146 g/mol. The summed E-state index contributed by atoms with van der Waals surface area (Å²) in [7, 11) is 0. The van der Waals surface area contributed by atoms with Crippen LogP contribution in [0.25, 0.3) is 0 Å². The molecule has 1 heteroatoms. The lowest BCUT2D eigenvalue weighted by Gasteiger charge is -2.24. The molecule has 0 aromatic rings. The summed E-state index contributed by atoms with van der Waals surface area (Å²) >= 11 is 0. The first-order valence-corrected chi connectivity index (χ1v) is 5.31. The van der Waals surface area contributed by atoms with Crippen LogP contribution < -0.4 is 5.73 Å². The first-order valence-electron chi connectivity index (χ1n) is 5.31. The third-order valence-corrected chi connectivity index (χ3v) is 4.77. The molecule has 4 aliphatic carbocycles. The lowest BCUT2D eigenvalue weighted by Crippen LogP contribution is -2.16. The largest absolute Gasteiger partial charge is 0.327 e. The lowest BCUT2D eigenvalue weighted by molar-refractivity contribution is 0.370. The fraction of sp³-hybridized carbons (Fsp3) is 0.818. The molecule has 0 amide bonds. The minimum absolute atomic E-state index is 0.560. The van der Waals surface area contributed by atoms with Gasteiger partial charge in [0.2, 0.25) is 0 Å². The van der Waals surface area contributed by atoms with Crippen molar-refractivity contribution in [3.63, 3.8) is 0 Å². The van der Waals surface area contributed by atoms with E-state index in [1.54, 1.807) is 5.57 Å². The highest BCUT2D eigenvalue weighted by Crippen LogP contribution is 2.65. The van der Waals surface area contributed by atoms with Crippen LogP contribution in [0.3, 0.4) is 0 Å². The van der Waals surface area contributed by atoms with Gasteiger partial charge in [-0.1, -0.05) is 11.6 Å². The van der Waals surface area contributed by atoms with Gasteiger partial charge in [-0.15, -0.1) is 0 Å². The molecule has 4 aliphatic rings. The Labute approximate surface area is 73.0 Å². The highest BCUT2D eigenvalue weighted by atomic mass is 14.8. The van der Waals surface area contributed by atoms with E-state index in [0.717, 1.165) is 29.6 Å². The van der Waals surface area contributed by atoms with Crippen LogP contribution in [0.5, 0.6) is 0 Å². The molecule has 64 valence electrons. The summed E-state index contributed by atoms with van der Waals surface area (Å²) in [6.45, 7) is 0. The zero-order valence-corrected chi connectivity index (χ0v) is 7.24. The molecule has 4 rings (SSSR count). The second kappa shape index (κ2) is 1.65. The highest BCUT2D eigenvalue weighted by Gasteiger charge is 2.61. The third kappa shape index (κ3) is 0.517. The maximum absolute atomic E-state index is 6.10. The van der Waals surface area contributed by atoms with Crippen LogP contribution >= 0.6 is 0 Å². The topological polar surface area (TPSA) is 26.0 Å². The Hall–Kier alpha value is -0.300. The molecule has 3 bridgehead atoms. The van der Waals surface area contributed by atoms with Gasteiger partial charge in [0.25, 0.3) is 0 Å². The summed E-state index contributed by atoms with van der Waals surface area (Å²) in [6.07, 6.45) is 6.98. The first-order chi connectivity index (χ1) is 5.84. The standard InChI is InChI=1S/C11H15N/c12-11-9-7-2-5-1-6(4-7)8(3-5)10(9)11/h4-6,8-11H,1-3,12H2/t5?,6?,8?,9?,10?,11-/m0/s1. The summed E-state index contributed by atoms with van der Waals surface area (Å²) in [5.41, 5.74) is 7.85. The van der Waals surface area contributed by atoms with Gasteiger partial charge in [0.1, 0.15) is 0 Å². The fourth-order valence-corrected chi connectivity index (χ4v) is 4.35. The molecule has 1 nitrogen and oxygen atoms in total. The van der Waals surface area contributed by atoms with Gasteiger partial charge in [-0.2, -0.15) is 0 Å². The van der Waals surface area contributed by atoms with Gasteiger partial charge in [0.05, 0.1) is 0 Å². The summed E-state index contributed by atoms with van der Waals surface area (Å²) in [4.78, 5) is 0.